The lowest BCUT2D eigenvalue weighted by molar-refractivity contribution is 0.0934. The molecule has 0 spiro atoms. The zero-order valence-corrected chi connectivity index (χ0v) is 13.3. The van der Waals surface area contributed by atoms with Crippen LogP contribution in [0.15, 0.2) is 30.6 Å². The number of nitrogens with two attached hydrogens (primary N) is 1. The monoisotopic (exact) mass is 341 g/mol. The Bertz CT molecular complexity index is 647. The number of hydrogen-bond acceptors (Lipinski definition) is 4. The van der Waals surface area contributed by atoms with Crippen molar-refractivity contribution in [1.29, 1.82) is 0 Å². The van der Waals surface area contributed by atoms with Crippen LogP contribution in [0.25, 0.3) is 5.69 Å². The predicted octanol–water partition coefficient (Wildman–Crippen LogP) is 1.95. The molecule has 6 nitrogen and oxygen atoms in total. The third-order valence-electron chi connectivity index (χ3n) is 3.72. The highest BCUT2D eigenvalue weighted by Gasteiger charge is 2.26. The van der Waals surface area contributed by atoms with Crippen molar-refractivity contribution in [3.05, 3.63) is 41.2 Å². The molecule has 1 heterocycles. The fraction of sp³-hybridized carbons (Fsp3) is 0.357. The van der Waals surface area contributed by atoms with Gasteiger partial charge < -0.3 is 11.1 Å². The molecule has 1 aromatic carbocycles. The SMILES string of the molecule is Cl.N[C@H]1CCC[C@@H]1NC(=O)c1cc(Cl)ccc1-n1nccn1. The van der Waals surface area contributed by atoms with Crippen LogP contribution in [0.3, 0.4) is 0 Å². The summed E-state index contributed by atoms with van der Waals surface area (Å²) >= 11 is 6.01. The molecule has 3 rings (SSSR count). The van der Waals surface area contributed by atoms with Crippen molar-refractivity contribution in [1.82, 2.24) is 20.3 Å². The molecule has 0 unspecified atom stereocenters. The Morgan fingerprint density at radius 2 is 2.05 bits per heavy atom. The number of benzene rings is 1. The summed E-state index contributed by atoms with van der Waals surface area (Å²) in [6.45, 7) is 0. The number of rotatable bonds is 3. The third-order valence-corrected chi connectivity index (χ3v) is 3.96. The molecule has 1 saturated carbocycles. The molecule has 22 heavy (non-hydrogen) atoms. The number of aromatic nitrogens is 3. The molecule has 2 aromatic rings. The van der Waals surface area contributed by atoms with Gasteiger partial charge in [0.15, 0.2) is 0 Å². The van der Waals surface area contributed by atoms with E-state index >= 15 is 0 Å². The molecule has 3 N–H and O–H groups in total. The van der Waals surface area contributed by atoms with E-state index in [4.69, 9.17) is 17.3 Å². The minimum absolute atomic E-state index is 0. The van der Waals surface area contributed by atoms with Gasteiger partial charge in [-0.3, -0.25) is 4.79 Å². The molecule has 1 fully saturated rings. The number of carbonyl (C=O) groups is 1. The van der Waals surface area contributed by atoms with Gasteiger partial charge in [-0.1, -0.05) is 11.6 Å². The lowest BCUT2D eigenvalue weighted by atomic mass is 10.1. The van der Waals surface area contributed by atoms with Crippen molar-refractivity contribution in [2.24, 2.45) is 5.73 Å². The molecular formula is C14H17Cl2N5O. The molecule has 1 aliphatic rings. The molecule has 0 saturated heterocycles. The first kappa shape index (κ1) is 16.7. The largest absolute Gasteiger partial charge is 0.348 e. The molecule has 8 heteroatoms. The normalized spacial score (nSPS) is 20.5. The molecule has 1 aromatic heterocycles. The molecule has 1 amide bonds. The third kappa shape index (κ3) is 3.40. The van der Waals surface area contributed by atoms with E-state index in [-0.39, 0.29) is 30.4 Å². The maximum atomic E-state index is 12.5. The lowest BCUT2D eigenvalue weighted by Crippen LogP contribution is -2.44. The Labute approximate surface area is 139 Å². The smallest absolute Gasteiger partial charge is 0.253 e. The van der Waals surface area contributed by atoms with Gasteiger partial charge in [0, 0.05) is 17.1 Å². The van der Waals surface area contributed by atoms with Crippen molar-refractivity contribution in [3.8, 4) is 5.69 Å². The fourth-order valence-electron chi connectivity index (χ4n) is 2.62. The van der Waals surface area contributed by atoms with Crippen LogP contribution in [-0.2, 0) is 0 Å². The van der Waals surface area contributed by atoms with Crippen LogP contribution in [0.1, 0.15) is 29.6 Å². The van der Waals surface area contributed by atoms with Crippen molar-refractivity contribution in [2.75, 3.05) is 0 Å². The van der Waals surface area contributed by atoms with Crippen LogP contribution >= 0.6 is 24.0 Å². The predicted molar refractivity (Wildman–Crippen MR) is 86.7 cm³/mol. The second kappa shape index (κ2) is 7.09. The number of hydrogen-bond donors (Lipinski definition) is 2. The van der Waals surface area contributed by atoms with Crippen LogP contribution in [0.2, 0.25) is 5.02 Å². The van der Waals surface area contributed by atoms with Crippen LogP contribution in [0.5, 0.6) is 0 Å². The highest BCUT2D eigenvalue weighted by atomic mass is 35.5. The van der Waals surface area contributed by atoms with Crippen molar-refractivity contribution in [3.63, 3.8) is 0 Å². The van der Waals surface area contributed by atoms with E-state index in [0.717, 1.165) is 19.3 Å². The van der Waals surface area contributed by atoms with Crippen LogP contribution in [0.4, 0.5) is 0 Å². The Hall–Kier alpha value is -1.63. The van der Waals surface area contributed by atoms with Gasteiger partial charge in [-0.2, -0.15) is 15.0 Å². The average Bonchev–Trinajstić information content (AvgIpc) is 3.11. The average molecular weight is 342 g/mol. The summed E-state index contributed by atoms with van der Waals surface area (Å²) in [5, 5.41) is 11.6. The number of nitrogens with one attached hydrogen (secondary N) is 1. The van der Waals surface area contributed by atoms with Gasteiger partial charge in [0.1, 0.15) is 0 Å². The van der Waals surface area contributed by atoms with Gasteiger partial charge in [0.2, 0.25) is 0 Å². The van der Waals surface area contributed by atoms with Crippen molar-refractivity contribution < 1.29 is 4.79 Å². The molecule has 0 radical (unpaired) electrons. The van der Waals surface area contributed by atoms with E-state index in [0.29, 0.717) is 16.3 Å². The van der Waals surface area contributed by atoms with Gasteiger partial charge in [-0.25, -0.2) is 0 Å². The first-order valence-electron chi connectivity index (χ1n) is 6.88. The summed E-state index contributed by atoms with van der Waals surface area (Å²) in [4.78, 5) is 13.9. The summed E-state index contributed by atoms with van der Waals surface area (Å²) in [7, 11) is 0. The number of halogens is 2. The maximum absolute atomic E-state index is 12.5. The maximum Gasteiger partial charge on any atom is 0.253 e. The van der Waals surface area contributed by atoms with E-state index in [1.54, 1.807) is 30.6 Å². The number of amides is 1. The van der Waals surface area contributed by atoms with Crippen LogP contribution in [0, 0.1) is 0 Å². The highest BCUT2D eigenvalue weighted by Crippen LogP contribution is 2.21. The van der Waals surface area contributed by atoms with E-state index in [1.165, 1.54) is 4.80 Å². The number of nitrogens with zero attached hydrogens (tertiary/aromatic N) is 3. The Balaban J connectivity index is 0.00000176. The van der Waals surface area contributed by atoms with Crippen molar-refractivity contribution >= 4 is 29.9 Å². The van der Waals surface area contributed by atoms with Gasteiger partial charge in [0.25, 0.3) is 5.91 Å². The zero-order valence-electron chi connectivity index (χ0n) is 11.8. The van der Waals surface area contributed by atoms with Gasteiger partial charge >= 0.3 is 0 Å². The summed E-state index contributed by atoms with van der Waals surface area (Å²) in [5.74, 6) is -0.202. The molecule has 118 valence electrons. The lowest BCUT2D eigenvalue weighted by Gasteiger charge is -2.18. The molecule has 0 bridgehead atoms. The fourth-order valence-corrected chi connectivity index (χ4v) is 2.79. The topological polar surface area (TPSA) is 85.8 Å². The minimum atomic E-state index is -0.202. The highest BCUT2D eigenvalue weighted by molar-refractivity contribution is 6.31. The summed E-state index contributed by atoms with van der Waals surface area (Å²) in [5.41, 5.74) is 7.03. The zero-order chi connectivity index (χ0) is 14.8. The Kier molecular flexibility index (Phi) is 5.39. The standard InChI is InChI=1S/C14H16ClN5O.ClH/c15-9-4-5-13(20-17-6-7-18-20)10(8-9)14(21)19-12-3-1-2-11(12)16;/h4-8,11-12H,1-3,16H2,(H,19,21);1H/t11-,12-;/m0./s1. The Morgan fingerprint density at radius 1 is 1.32 bits per heavy atom. The van der Waals surface area contributed by atoms with Gasteiger partial charge in [0.05, 0.1) is 23.6 Å². The summed E-state index contributed by atoms with van der Waals surface area (Å²) < 4.78 is 0. The Morgan fingerprint density at radius 3 is 2.68 bits per heavy atom. The van der Waals surface area contributed by atoms with Gasteiger partial charge in [-0.05, 0) is 37.5 Å². The molecular weight excluding hydrogens is 325 g/mol. The van der Waals surface area contributed by atoms with E-state index in [2.05, 4.69) is 15.5 Å². The molecule has 1 aliphatic carbocycles. The minimum Gasteiger partial charge on any atom is -0.348 e. The van der Waals surface area contributed by atoms with E-state index in [9.17, 15) is 4.79 Å². The first-order valence-corrected chi connectivity index (χ1v) is 7.25. The summed E-state index contributed by atoms with van der Waals surface area (Å²) in [6.07, 6.45) is 6.00. The molecule has 0 aliphatic heterocycles. The van der Waals surface area contributed by atoms with Crippen LogP contribution < -0.4 is 11.1 Å². The molecule has 2 atom stereocenters. The first-order chi connectivity index (χ1) is 10.1. The van der Waals surface area contributed by atoms with Crippen molar-refractivity contribution in [2.45, 2.75) is 31.3 Å². The van der Waals surface area contributed by atoms with Crippen LogP contribution in [-0.4, -0.2) is 33.0 Å². The summed E-state index contributed by atoms with van der Waals surface area (Å²) in [6, 6.07) is 5.08. The number of carbonyl (C=O) groups excluding carboxylic acids is 1. The quantitative estimate of drug-likeness (QED) is 0.893. The van der Waals surface area contributed by atoms with Gasteiger partial charge in [-0.15, -0.1) is 12.4 Å². The van der Waals surface area contributed by atoms with E-state index in [1.807, 2.05) is 0 Å². The second-order valence-electron chi connectivity index (χ2n) is 5.15. The second-order valence-corrected chi connectivity index (χ2v) is 5.59. The van der Waals surface area contributed by atoms with E-state index < -0.39 is 0 Å².